The van der Waals surface area contributed by atoms with Crippen LogP contribution in [0.2, 0.25) is 0 Å². The second-order valence-corrected chi connectivity index (χ2v) is 6.85. The minimum Gasteiger partial charge on any atom is -0.480 e. The minimum atomic E-state index is -4.20. The molecule has 0 aliphatic heterocycles. The van der Waals surface area contributed by atoms with Crippen LogP contribution in [0.4, 0.5) is 4.39 Å². The number of sulfonamides is 1. The number of benzene rings is 1. The predicted molar refractivity (Wildman–Crippen MR) is 75.0 cm³/mol. The third-order valence-electron chi connectivity index (χ3n) is 3.27. The van der Waals surface area contributed by atoms with Gasteiger partial charge >= 0.3 is 5.97 Å². The highest BCUT2D eigenvalue weighted by molar-refractivity contribution is 7.89. The summed E-state index contributed by atoms with van der Waals surface area (Å²) in [4.78, 5) is 10.3. The van der Waals surface area contributed by atoms with Crippen LogP contribution in [0.5, 0.6) is 0 Å². The molecule has 21 heavy (non-hydrogen) atoms. The highest BCUT2D eigenvalue weighted by Gasteiger charge is 2.30. The van der Waals surface area contributed by atoms with Crippen LogP contribution in [0.1, 0.15) is 24.3 Å². The smallest absolute Gasteiger partial charge is 0.318 e. The number of carboxylic acids is 1. The lowest BCUT2D eigenvalue weighted by molar-refractivity contribution is -0.137. The van der Waals surface area contributed by atoms with Gasteiger partial charge in [-0.2, -0.15) is 4.31 Å². The second kappa shape index (κ2) is 5.95. The first-order valence-electron chi connectivity index (χ1n) is 6.48. The van der Waals surface area contributed by atoms with Gasteiger partial charge in [0.05, 0.1) is 0 Å². The summed E-state index contributed by atoms with van der Waals surface area (Å²) in [7, 11) is -4.20. The molecule has 0 radical (unpaired) electrons. The monoisotopic (exact) mass is 313 g/mol. The number of halogens is 1. The lowest BCUT2D eigenvalue weighted by atomic mass is 10.1. The number of hydrogen-bond donors (Lipinski definition) is 1. The highest BCUT2D eigenvalue weighted by atomic mass is 32.2. The van der Waals surface area contributed by atoms with E-state index in [9.17, 15) is 17.6 Å². The van der Waals surface area contributed by atoms with Gasteiger partial charge < -0.3 is 5.11 Å². The first-order valence-corrected chi connectivity index (χ1v) is 7.92. The summed E-state index contributed by atoms with van der Waals surface area (Å²) in [5.74, 6) is -1.85. The molecule has 2 rings (SSSR count). The van der Waals surface area contributed by atoms with Crippen LogP contribution in [0.15, 0.2) is 35.7 Å². The largest absolute Gasteiger partial charge is 0.480 e. The van der Waals surface area contributed by atoms with E-state index >= 15 is 0 Å². The average Bonchev–Trinajstić information content (AvgIpc) is 3.21. The Morgan fingerprint density at radius 2 is 2.14 bits per heavy atom. The van der Waals surface area contributed by atoms with E-state index in [-0.39, 0.29) is 6.54 Å². The second-order valence-electron chi connectivity index (χ2n) is 4.94. The molecule has 5 nitrogen and oxygen atoms in total. The van der Waals surface area contributed by atoms with Crippen molar-refractivity contribution in [3.8, 4) is 0 Å². The lowest BCUT2D eigenvalue weighted by Gasteiger charge is -2.19. The Bertz CT molecular complexity index is 668. The molecule has 7 heteroatoms. The van der Waals surface area contributed by atoms with Crippen LogP contribution < -0.4 is 0 Å². The van der Waals surface area contributed by atoms with Crippen LogP contribution in [-0.2, 0) is 14.8 Å². The lowest BCUT2D eigenvalue weighted by Crippen LogP contribution is -2.36. The van der Waals surface area contributed by atoms with E-state index in [2.05, 4.69) is 6.58 Å². The van der Waals surface area contributed by atoms with Gasteiger partial charge in [-0.15, -0.1) is 6.58 Å². The minimum absolute atomic E-state index is 0.196. The molecule has 1 aromatic carbocycles. The molecular formula is C14H16FNO4S. The Morgan fingerprint density at radius 3 is 2.62 bits per heavy atom. The number of nitrogens with zero attached hydrogens (tertiary/aromatic N) is 1. The molecule has 0 aromatic heterocycles. The van der Waals surface area contributed by atoms with Gasteiger partial charge in [0, 0.05) is 6.54 Å². The number of hydrogen-bond acceptors (Lipinski definition) is 3. The first kappa shape index (κ1) is 15.7. The van der Waals surface area contributed by atoms with Crippen LogP contribution in [0.25, 0.3) is 0 Å². The van der Waals surface area contributed by atoms with Crippen LogP contribution in [0, 0.1) is 5.82 Å². The molecule has 1 aliphatic carbocycles. The Kier molecular flexibility index (Phi) is 4.43. The van der Waals surface area contributed by atoms with Gasteiger partial charge in [0.15, 0.2) is 0 Å². The zero-order valence-corrected chi connectivity index (χ0v) is 12.1. The van der Waals surface area contributed by atoms with E-state index < -0.39 is 33.3 Å². The zero-order valence-electron chi connectivity index (χ0n) is 11.3. The van der Waals surface area contributed by atoms with Crippen molar-refractivity contribution >= 4 is 16.0 Å². The molecule has 1 aliphatic rings. The van der Waals surface area contributed by atoms with Crippen molar-refractivity contribution in [2.24, 2.45) is 0 Å². The summed E-state index contributed by atoms with van der Waals surface area (Å²) in [6.07, 6.45) is 3.22. The van der Waals surface area contributed by atoms with Crippen LogP contribution >= 0.6 is 0 Å². The van der Waals surface area contributed by atoms with Gasteiger partial charge in [0.1, 0.15) is 17.3 Å². The van der Waals surface area contributed by atoms with Crippen molar-refractivity contribution in [2.75, 3.05) is 13.1 Å². The molecule has 1 fully saturated rings. The molecule has 0 saturated heterocycles. The third kappa shape index (κ3) is 3.48. The molecule has 1 aromatic rings. The van der Waals surface area contributed by atoms with Gasteiger partial charge in [-0.05, 0) is 36.5 Å². The maximum absolute atomic E-state index is 14.1. The normalized spacial score (nSPS) is 15.1. The van der Waals surface area contributed by atoms with Gasteiger partial charge in [-0.1, -0.05) is 12.1 Å². The SMILES string of the molecule is C=CCN(CC(=O)O)S(=O)(=O)c1ccc(C2CC2)cc1F. The fourth-order valence-electron chi connectivity index (χ4n) is 2.08. The van der Waals surface area contributed by atoms with Crippen LogP contribution in [0.3, 0.4) is 0 Å². The van der Waals surface area contributed by atoms with Crippen molar-refractivity contribution in [3.63, 3.8) is 0 Å². The Morgan fingerprint density at radius 1 is 1.48 bits per heavy atom. The summed E-state index contributed by atoms with van der Waals surface area (Å²) in [6.45, 7) is 2.46. The molecule has 0 unspecified atom stereocenters. The molecule has 0 amide bonds. The van der Waals surface area contributed by atoms with Gasteiger partial charge in [-0.25, -0.2) is 12.8 Å². The Balaban J connectivity index is 2.36. The molecule has 0 heterocycles. The average molecular weight is 313 g/mol. The van der Waals surface area contributed by atoms with Crippen molar-refractivity contribution in [1.29, 1.82) is 0 Å². The van der Waals surface area contributed by atoms with Gasteiger partial charge in [0.2, 0.25) is 10.0 Å². The zero-order chi connectivity index (χ0) is 15.6. The van der Waals surface area contributed by atoms with E-state index in [1.807, 2.05) is 0 Å². The van der Waals surface area contributed by atoms with Crippen molar-refractivity contribution in [3.05, 3.63) is 42.2 Å². The molecule has 0 bridgehead atoms. The Labute approximate surface area is 122 Å². The predicted octanol–water partition coefficient (Wildman–Crippen LogP) is 1.96. The molecule has 1 N–H and O–H groups in total. The number of rotatable bonds is 7. The maximum atomic E-state index is 14.1. The van der Waals surface area contributed by atoms with Gasteiger partial charge in [0.25, 0.3) is 0 Å². The van der Waals surface area contributed by atoms with Crippen LogP contribution in [-0.4, -0.2) is 36.9 Å². The topological polar surface area (TPSA) is 74.7 Å². The standard InChI is InChI=1S/C14H16FNO4S/c1-2-7-16(9-14(17)18)21(19,20)13-6-5-11(8-12(13)15)10-3-4-10/h2,5-6,8,10H,1,3-4,7,9H2,(H,17,18). The highest BCUT2D eigenvalue weighted by Crippen LogP contribution is 2.40. The maximum Gasteiger partial charge on any atom is 0.318 e. The number of carbonyl (C=O) groups is 1. The number of carboxylic acid groups (broad SMARTS) is 1. The number of aliphatic carboxylic acids is 1. The Hall–Kier alpha value is -1.73. The van der Waals surface area contributed by atoms with Crippen molar-refractivity contribution in [2.45, 2.75) is 23.7 Å². The molecule has 1 saturated carbocycles. The van der Waals surface area contributed by atoms with E-state index in [1.54, 1.807) is 6.07 Å². The van der Waals surface area contributed by atoms with E-state index in [4.69, 9.17) is 5.11 Å². The van der Waals surface area contributed by atoms with E-state index in [1.165, 1.54) is 18.2 Å². The summed E-state index contributed by atoms with van der Waals surface area (Å²) in [5, 5.41) is 8.78. The third-order valence-corrected chi connectivity index (χ3v) is 5.11. The fourth-order valence-corrected chi connectivity index (χ4v) is 3.48. The van der Waals surface area contributed by atoms with E-state index in [0.29, 0.717) is 10.2 Å². The summed E-state index contributed by atoms with van der Waals surface area (Å²) >= 11 is 0. The molecule has 114 valence electrons. The quantitative estimate of drug-likeness (QED) is 0.781. The molecule has 0 atom stereocenters. The van der Waals surface area contributed by atoms with Crippen molar-refractivity contribution in [1.82, 2.24) is 4.31 Å². The van der Waals surface area contributed by atoms with E-state index in [0.717, 1.165) is 18.4 Å². The van der Waals surface area contributed by atoms with Crippen molar-refractivity contribution < 1.29 is 22.7 Å². The summed E-state index contributed by atoms with van der Waals surface area (Å²) in [6, 6.07) is 4.01. The molecule has 0 spiro atoms. The fraction of sp³-hybridized carbons (Fsp3) is 0.357. The summed E-state index contributed by atoms with van der Waals surface area (Å²) < 4.78 is 39.5. The summed E-state index contributed by atoms with van der Waals surface area (Å²) in [5.41, 5.74) is 0.778. The first-order chi connectivity index (χ1) is 9.86. The molecular weight excluding hydrogens is 297 g/mol. The van der Waals surface area contributed by atoms with Gasteiger partial charge in [-0.3, -0.25) is 4.79 Å².